The Morgan fingerprint density at radius 2 is 1.81 bits per heavy atom. The Labute approximate surface area is 209 Å². The van der Waals surface area contributed by atoms with Crippen LogP contribution in [-0.4, -0.2) is 66.3 Å². The third-order valence-electron chi connectivity index (χ3n) is 6.12. The highest BCUT2D eigenvalue weighted by molar-refractivity contribution is 5.83. The molecule has 0 spiro atoms. The number of morpholine rings is 1. The second-order valence-electron chi connectivity index (χ2n) is 10.1. The van der Waals surface area contributed by atoms with Crippen molar-refractivity contribution in [3.8, 4) is 5.75 Å². The standard InChI is InChI=1S/C27H32F2N2O5/c1-27(2,3)36-26(33)31(16-24(32)30-9-11-34-12-10-30)23-15-20(23)21-13-19(28)14-22(29)25(21)35-17-18-7-5-4-6-8-18/h4-8,13-14,20,23H,9-12,15-17H2,1-3H3. The fraction of sp³-hybridized carbons (Fsp3) is 0.481. The first-order valence-electron chi connectivity index (χ1n) is 12.1. The van der Waals surface area contributed by atoms with Gasteiger partial charge in [-0.25, -0.2) is 13.6 Å². The summed E-state index contributed by atoms with van der Waals surface area (Å²) in [6, 6.07) is 10.8. The predicted octanol–water partition coefficient (Wildman–Crippen LogP) is 4.50. The number of rotatable bonds is 7. The third-order valence-corrected chi connectivity index (χ3v) is 6.12. The second kappa shape index (κ2) is 10.8. The molecule has 9 heteroatoms. The molecule has 0 N–H and O–H groups in total. The summed E-state index contributed by atoms with van der Waals surface area (Å²) < 4.78 is 45.7. The summed E-state index contributed by atoms with van der Waals surface area (Å²) in [7, 11) is 0. The van der Waals surface area contributed by atoms with Gasteiger partial charge in [0.1, 0.15) is 24.6 Å². The maximum absolute atomic E-state index is 14.8. The molecule has 2 aromatic rings. The third kappa shape index (κ3) is 6.51. The number of halogens is 2. The van der Waals surface area contributed by atoms with Gasteiger partial charge in [-0.05, 0) is 38.8 Å². The molecular formula is C27H32F2N2O5. The Kier molecular flexibility index (Phi) is 7.78. The first kappa shape index (κ1) is 25.9. The van der Waals surface area contributed by atoms with E-state index in [1.54, 1.807) is 25.7 Å². The van der Waals surface area contributed by atoms with Gasteiger partial charge in [-0.3, -0.25) is 9.69 Å². The molecule has 2 fully saturated rings. The van der Waals surface area contributed by atoms with Crippen LogP contribution in [-0.2, 0) is 20.9 Å². The molecule has 1 saturated carbocycles. The number of carbonyl (C=O) groups is 2. The summed E-state index contributed by atoms with van der Waals surface area (Å²) in [5, 5.41) is 0. The van der Waals surface area contributed by atoms with Crippen LogP contribution in [0.3, 0.4) is 0 Å². The van der Waals surface area contributed by atoms with Crippen molar-refractivity contribution in [3.05, 3.63) is 65.2 Å². The van der Waals surface area contributed by atoms with Crippen LogP contribution in [0.25, 0.3) is 0 Å². The van der Waals surface area contributed by atoms with Crippen molar-refractivity contribution in [1.29, 1.82) is 0 Å². The molecule has 2 aromatic carbocycles. The van der Waals surface area contributed by atoms with Crippen LogP contribution in [0, 0.1) is 11.6 Å². The maximum atomic E-state index is 14.8. The Hall–Kier alpha value is -3.20. The fourth-order valence-corrected chi connectivity index (χ4v) is 4.29. The number of carbonyl (C=O) groups excluding carboxylic acids is 2. The lowest BCUT2D eigenvalue weighted by molar-refractivity contribution is -0.136. The lowest BCUT2D eigenvalue weighted by Gasteiger charge is -2.31. The van der Waals surface area contributed by atoms with Gasteiger partial charge in [0.05, 0.1) is 13.2 Å². The average Bonchev–Trinajstić information content (AvgIpc) is 3.62. The van der Waals surface area contributed by atoms with E-state index in [0.29, 0.717) is 38.3 Å². The van der Waals surface area contributed by atoms with Gasteiger partial charge in [-0.1, -0.05) is 30.3 Å². The van der Waals surface area contributed by atoms with Crippen molar-refractivity contribution < 1.29 is 32.6 Å². The first-order chi connectivity index (χ1) is 17.1. The van der Waals surface area contributed by atoms with Gasteiger partial charge in [0.25, 0.3) is 0 Å². The van der Waals surface area contributed by atoms with Gasteiger partial charge in [0.2, 0.25) is 5.91 Å². The molecule has 0 aromatic heterocycles. The SMILES string of the molecule is CC(C)(C)OC(=O)N(CC(=O)N1CCOCC1)C1CC1c1cc(F)cc(F)c1OCc1ccccc1. The van der Waals surface area contributed by atoms with Gasteiger partial charge >= 0.3 is 6.09 Å². The van der Waals surface area contributed by atoms with Gasteiger partial charge < -0.3 is 19.1 Å². The van der Waals surface area contributed by atoms with E-state index in [2.05, 4.69) is 0 Å². The van der Waals surface area contributed by atoms with Crippen molar-refractivity contribution >= 4 is 12.0 Å². The minimum Gasteiger partial charge on any atom is -0.486 e. The Bertz CT molecular complexity index is 1080. The second-order valence-corrected chi connectivity index (χ2v) is 10.1. The molecule has 0 bridgehead atoms. The maximum Gasteiger partial charge on any atom is 0.411 e. The Balaban J connectivity index is 1.55. The number of ether oxygens (including phenoxy) is 3. The summed E-state index contributed by atoms with van der Waals surface area (Å²) in [5.74, 6) is -2.20. The van der Waals surface area contributed by atoms with E-state index in [4.69, 9.17) is 14.2 Å². The van der Waals surface area contributed by atoms with Crippen LogP contribution in [0.1, 0.15) is 44.2 Å². The van der Waals surface area contributed by atoms with Crippen molar-refractivity contribution in [2.24, 2.45) is 0 Å². The van der Waals surface area contributed by atoms with Crippen molar-refractivity contribution in [1.82, 2.24) is 9.80 Å². The van der Waals surface area contributed by atoms with Crippen molar-refractivity contribution in [3.63, 3.8) is 0 Å². The summed E-state index contributed by atoms with van der Waals surface area (Å²) >= 11 is 0. The molecule has 1 aliphatic heterocycles. The van der Waals surface area contributed by atoms with Crippen LogP contribution in [0.5, 0.6) is 5.75 Å². The minimum atomic E-state index is -0.806. The highest BCUT2D eigenvalue weighted by Gasteiger charge is 2.48. The van der Waals surface area contributed by atoms with Gasteiger partial charge in [-0.15, -0.1) is 0 Å². The van der Waals surface area contributed by atoms with E-state index < -0.39 is 35.3 Å². The molecule has 194 valence electrons. The molecule has 36 heavy (non-hydrogen) atoms. The number of hydrogen-bond donors (Lipinski definition) is 0. The van der Waals surface area contributed by atoms with E-state index in [1.165, 1.54) is 11.0 Å². The number of nitrogens with zero attached hydrogens (tertiary/aromatic N) is 2. The highest BCUT2D eigenvalue weighted by atomic mass is 19.1. The number of hydrogen-bond acceptors (Lipinski definition) is 5. The largest absolute Gasteiger partial charge is 0.486 e. The summed E-state index contributed by atoms with van der Waals surface area (Å²) in [5.41, 5.74) is 0.406. The molecule has 2 atom stereocenters. The molecular weight excluding hydrogens is 470 g/mol. The van der Waals surface area contributed by atoms with Crippen molar-refractivity contribution in [2.45, 2.75) is 51.4 Å². The topological polar surface area (TPSA) is 68.3 Å². The molecule has 1 aliphatic carbocycles. The fourth-order valence-electron chi connectivity index (χ4n) is 4.29. The van der Waals surface area contributed by atoms with Crippen LogP contribution >= 0.6 is 0 Å². The van der Waals surface area contributed by atoms with Crippen LogP contribution in [0.4, 0.5) is 13.6 Å². The molecule has 2 amide bonds. The van der Waals surface area contributed by atoms with Crippen LogP contribution in [0.2, 0.25) is 0 Å². The quantitative estimate of drug-likeness (QED) is 0.558. The molecule has 2 aliphatic rings. The molecule has 1 heterocycles. The smallest absolute Gasteiger partial charge is 0.411 e. The molecule has 1 saturated heterocycles. The first-order valence-corrected chi connectivity index (χ1v) is 12.1. The highest BCUT2D eigenvalue weighted by Crippen LogP contribution is 2.49. The lowest BCUT2D eigenvalue weighted by atomic mass is 10.1. The van der Waals surface area contributed by atoms with Gasteiger partial charge in [0, 0.05) is 36.7 Å². The number of benzene rings is 2. The van der Waals surface area contributed by atoms with Crippen molar-refractivity contribution in [2.75, 3.05) is 32.8 Å². The van der Waals surface area contributed by atoms with Gasteiger partial charge in [0.15, 0.2) is 11.6 Å². The molecule has 0 radical (unpaired) electrons. The summed E-state index contributed by atoms with van der Waals surface area (Å²) in [6.07, 6.45) is -0.208. The van der Waals surface area contributed by atoms with Crippen LogP contribution in [0.15, 0.2) is 42.5 Å². The monoisotopic (exact) mass is 502 g/mol. The van der Waals surface area contributed by atoms with E-state index >= 15 is 0 Å². The summed E-state index contributed by atoms with van der Waals surface area (Å²) in [6.45, 7) is 6.93. The van der Waals surface area contributed by atoms with Crippen LogP contribution < -0.4 is 4.74 Å². The van der Waals surface area contributed by atoms with E-state index in [1.807, 2.05) is 30.3 Å². The number of amides is 2. The Morgan fingerprint density at radius 3 is 2.47 bits per heavy atom. The summed E-state index contributed by atoms with van der Waals surface area (Å²) in [4.78, 5) is 29.1. The minimum absolute atomic E-state index is 0.0450. The van der Waals surface area contributed by atoms with E-state index in [-0.39, 0.29) is 24.8 Å². The average molecular weight is 503 g/mol. The molecule has 7 nitrogen and oxygen atoms in total. The van der Waals surface area contributed by atoms with Gasteiger partial charge in [-0.2, -0.15) is 0 Å². The molecule has 2 unspecified atom stereocenters. The zero-order valence-corrected chi connectivity index (χ0v) is 20.8. The zero-order chi connectivity index (χ0) is 25.9. The zero-order valence-electron chi connectivity index (χ0n) is 20.8. The van der Waals surface area contributed by atoms with E-state index in [0.717, 1.165) is 11.6 Å². The Morgan fingerprint density at radius 1 is 1.11 bits per heavy atom. The predicted molar refractivity (Wildman–Crippen MR) is 129 cm³/mol. The normalized spacial score (nSPS) is 19.5. The van der Waals surface area contributed by atoms with E-state index in [9.17, 15) is 18.4 Å². The lowest BCUT2D eigenvalue weighted by Crippen LogP contribution is -2.49. The molecule has 4 rings (SSSR count).